The second kappa shape index (κ2) is 6.01. The molecule has 0 saturated carbocycles. The molecule has 1 heterocycles. The Balaban J connectivity index is 2.51. The fourth-order valence-corrected chi connectivity index (χ4v) is 2.29. The zero-order valence-electron chi connectivity index (χ0n) is 12.5. The van der Waals surface area contributed by atoms with Gasteiger partial charge in [0.15, 0.2) is 0 Å². The van der Waals surface area contributed by atoms with Crippen molar-refractivity contribution in [3.05, 3.63) is 51.3 Å². The Labute approximate surface area is 119 Å². The van der Waals surface area contributed by atoms with Gasteiger partial charge in [0, 0.05) is 24.7 Å². The molecule has 20 heavy (non-hydrogen) atoms. The smallest absolute Gasteiger partial charge is 0.271 e. The van der Waals surface area contributed by atoms with Crippen molar-refractivity contribution in [2.75, 3.05) is 6.54 Å². The maximum absolute atomic E-state index is 12.1. The monoisotopic (exact) mass is 271 g/mol. The van der Waals surface area contributed by atoms with Gasteiger partial charge in [-0.1, -0.05) is 30.7 Å². The van der Waals surface area contributed by atoms with Gasteiger partial charge in [-0.2, -0.15) is 5.10 Å². The number of aryl methyl sites for hydroxylation is 3. The van der Waals surface area contributed by atoms with Crippen molar-refractivity contribution in [3.8, 4) is 11.3 Å². The number of hydrogen-bond donors (Lipinski definition) is 1. The van der Waals surface area contributed by atoms with Gasteiger partial charge >= 0.3 is 0 Å². The zero-order chi connectivity index (χ0) is 14.7. The highest BCUT2D eigenvalue weighted by molar-refractivity contribution is 5.64. The summed E-state index contributed by atoms with van der Waals surface area (Å²) in [6, 6.07) is 8.16. The van der Waals surface area contributed by atoms with E-state index in [0.717, 1.165) is 23.4 Å². The summed E-state index contributed by atoms with van der Waals surface area (Å²) in [5, 5.41) is 7.57. The quantitative estimate of drug-likeness (QED) is 0.927. The number of hydrogen-bond acceptors (Lipinski definition) is 3. The van der Waals surface area contributed by atoms with Gasteiger partial charge in [-0.05, 0) is 32.0 Å². The summed E-state index contributed by atoms with van der Waals surface area (Å²) in [5.41, 5.74) is 5.02. The Kier molecular flexibility index (Phi) is 4.35. The lowest BCUT2D eigenvalue weighted by atomic mass is 10.0. The highest BCUT2D eigenvalue weighted by Crippen LogP contribution is 2.22. The first-order chi connectivity index (χ1) is 9.52. The van der Waals surface area contributed by atoms with Crippen LogP contribution in [-0.4, -0.2) is 16.3 Å². The molecule has 106 valence electrons. The molecule has 0 fully saturated rings. The van der Waals surface area contributed by atoms with Crippen LogP contribution in [0.4, 0.5) is 0 Å². The number of nitrogens with zero attached hydrogens (tertiary/aromatic N) is 2. The standard InChI is InChI=1S/C16H21N3O/c1-5-17-10-13-9-15(18-19(4)16(13)20)14-7-6-11(2)8-12(14)3/h6-9,17H,5,10H2,1-4H3. The Hall–Kier alpha value is -1.94. The number of rotatable bonds is 4. The molecule has 1 N–H and O–H groups in total. The Morgan fingerprint density at radius 3 is 2.65 bits per heavy atom. The molecule has 0 radical (unpaired) electrons. The summed E-state index contributed by atoms with van der Waals surface area (Å²) in [6.07, 6.45) is 0. The minimum absolute atomic E-state index is 0.0422. The molecule has 4 heteroatoms. The summed E-state index contributed by atoms with van der Waals surface area (Å²) in [6.45, 7) is 7.57. The van der Waals surface area contributed by atoms with E-state index in [4.69, 9.17) is 0 Å². The van der Waals surface area contributed by atoms with Crippen LogP contribution in [0.15, 0.2) is 29.1 Å². The molecule has 2 rings (SSSR count). The molecule has 4 nitrogen and oxygen atoms in total. The molecule has 0 saturated heterocycles. The van der Waals surface area contributed by atoms with Crippen LogP contribution in [0.3, 0.4) is 0 Å². The first-order valence-corrected chi connectivity index (χ1v) is 6.88. The third-order valence-electron chi connectivity index (χ3n) is 3.36. The summed E-state index contributed by atoms with van der Waals surface area (Å²) >= 11 is 0. The number of benzene rings is 1. The molecule has 0 aliphatic heterocycles. The predicted molar refractivity (Wildman–Crippen MR) is 81.8 cm³/mol. The number of aromatic nitrogens is 2. The van der Waals surface area contributed by atoms with Crippen LogP contribution in [0, 0.1) is 13.8 Å². The third kappa shape index (κ3) is 2.96. The van der Waals surface area contributed by atoms with Crippen LogP contribution in [-0.2, 0) is 13.6 Å². The maximum Gasteiger partial charge on any atom is 0.271 e. The SMILES string of the molecule is CCNCc1cc(-c2ccc(C)cc2C)nn(C)c1=O. The van der Waals surface area contributed by atoms with E-state index >= 15 is 0 Å². The highest BCUT2D eigenvalue weighted by atomic mass is 16.1. The van der Waals surface area contributed by atoms with Gasteiger partial charge in [0.25, 0.3) is 5.56 Å². The van der Waals surface area contributed by atoms with Crippen LogP contribution in [0.2, 0.25) is 0 Å². The van der Waals surface area contributed by atoms with E-state index in [2.05, 4.69) is 42.5 Å². The van der Waals surface area contributed by atoms with E-state index in [1.165, 1.54) is 15.8 Å². The second-order valence-corrected chi connectivity index (χ2v) is 5.08. The summed E-state index contributed by atoms with van der Waals surface area (Å²) < 4.78 is 1.42. The molecule has 1 aromatic heterocycles. The number of nitrogens with one attached hydrogen (secondary N) is 1. The normalized spacial score (nSPS) is 10.8. The molecule has 0 aliphatic rings. The lowest BCUT2D eigenvalue weighted by Gasteiger charge is -2.10. The first kappa shape index (κ1) is 14.5. The van der Waals surface area contributed by atoms with Crippen molar-refractivity contribution in [1.29, 1.82) is 0 Å². The molecule has 0 amide bonds. The predicted octanol–water partition coefficient (Wildman–Crippen LogP) is 2.17. The zero-order valence-corrected chi connectivity index (χ0v) is 12.5. The van der Waals surface area contributed by atoms with Crippen molar-refractivity contribution in [2.45, 2.75) is 27.3 Å². The van der Waals surface area contributed by atoms with Crippen LogP contribution in [0.5, 0.6) is 0 Å². The molecular weight excluding hydrogens is 250 g/mol. The lowest BCUT2D eigenvalue weighted by molar-refractivity contribution is 0.665. The van der Waals surface area contributed by atoms with Gasteiger partial charge in [-0.3, -0.25) is 4.79 Å². The molecular formula is C16H21N3O. The van der Waals surface area contributed by atoms with Crippen LogP contribution < -0.4 is 10.9 Å². The van der Waals surface area contributed by atoms with Gasteiger partial charge in [0.2, 0.25) is 0 Å². The Morgan fingerprint density at radius 2 is 2.00 bits per heavy atom. The Bertz CT molecular complexity index is 674. The lowest BCUT2D eigenvalue weighted by Crippen LogP contribution is -2.27. The largest absolute Gasteiger partial charge is 0.313 e. The maximum atomic E-state index is 12.1. The third-order valence-corrected chi connectivity index (χ3v) is 3.36. The van der Waals surface area contributed by atoms with Crippen LogP contribution in [0.25, 0.3) is 11.3 Å². The van der Waals surface area contributed by atoms with Gasteiger partial charge in [0.05, 0.1) is 5.69 Å². The fraction of sp³-hybridized carbons (Fsp3) is 0.375. The van der Waals surface area contributed by atoms with Crippen LogP contribution >= 0.6 is 0 Å². The Morgan fingerprint density at radius 1 is 1.25 bits per heavy atom. The average molecular weight is 271 g/mol. The van der Waals surface area contributed by atoms with Gasteiger partial charge < -0.3 is 5.32 Å². The minimum atomic E-state index is -0.0422. The molecule has 0 atom stereocenters. The van der Waals surface area contributed by atoms with E-state index in [1.54, 1.807) is 7.05 Å². The first-order valence-electron chi connectivity index (χ1n) is 6.88. The van der Waals surface area contributed by atoms with Gasteiger partial charge in [0.1, 0.15) is 0 Å². The molecule has 2 aromatic rings. The van der Waals surface area contributed by atoms with E-state index in [-0.39, 0.29) is 5.56 Å². The molecule has 0 unspecified atom stereocenters. The highest BCUT2D eigenvalue weighted by Gasteiger charge is 2.09. The molecule has 0 spiro atoms. The molecule has 1 aromatic carbocycles. The second-order valence-electron chi connectivity index (χ2n) is 5.08. The summed E-state index contributed by atoms with van der Waals surface area (Å²) in [7, 11) is 1.70. The molecule has 0 bridgehead atoms. The summed E-state index contributed by atoms with van der Waals surface area (Å²) in [5.74, 6) is 0. The van der Waals surface area contributed by atoms with E-state index in [0.29, 0.717) is 6.54 Å². The average Bonchev–Trinajstić information content (AvgIpc) is 2.40. The van der Waals surface area contributed by atoms with E-state index < -0.39 is 0 Å². The fourth-order valence-electron chi connectivity index (χ4n) is 2.29. The van der Waals surface area contributed by atoms with Gasteiger partial charge in [-0.25, -0.2) is 4.68 Å². The van der Waals surface area contributed by atoms with Crippen molar-refractivity contribution < 1.29 is 0 Å². The van der Waals surface area contributed by atoms with Crippen molar-refractivity contribution in [2.24, 2.45) is 7.05 Å². The molecule has 0 aliphatic carbocycles. The van der Waals surface area contributed by atoms with Crippen molar-refractivity contribution >= 4 is 0 Å². The van der Waals surface area contributed by atoms with E-state index in [1.807, 2.05) is 13.0 Å². The minimum Gasteiger partial charge on any atom is -0.313 e. The van der Waals surface area contributed by atoms with E-state index in [9.17, 15) is 4.79 Å². The van der Waals surface area contributed by atoms with Gasteiger partial charge in [-0.15, -0.1) is 0 Å². The van der Waals surface area contributed by atoms with Crippen molar-refractivity contribution in [1.82, 2.24) is 15.1 Å². The summed E-state index contributed by atoms with van der Waals surface area (Å²) in [4.78, 5) is 12.1. The van der Waals surface area contributed by atoms with Crippen molar-refractivity contribution in [3.63, 3.8) is 0 Å². The van der Waals surface area contributed by atoms with Crippen LogP contribution in [0.1, 0.15) is 23.6 Å². The topological polar surface area (TPSA) is 46.9 Å².